The van der Waals surface area contributed by atoms with E-state index in [1.807, 2.05) is 9.80 Å². The van der Waals surface area contributed by atoms with E-state index in [4.69, 9.17) is 0 Å². The predicted molar refractivity (Wildman–Crippen MR) is 113 cm³/mol. The van der Waals surface area contributed by atoms with Gasteiger partial charge in [-0.15, -0.1) is 11.3 Å². The molecule has 0 spiro atoms. The Morgan fingerprint density at radius 1 is 0.931 bits per heavy atom. The summed E-state index contributed by atoms with van der Waals surface area (Å²) in [6, 6.07) is 6.70. The van der Waals surface area contributed by atoms with Crippen LogP contribution in [0.3, 0.4) is 0 Å². The number of urea groups is 1. The van der Waals surface area contributed by atoms with Crippen molar-refractivity contribution in [3.63, 3.8) is 0 Å². The van der Waals surface area contributed by atoms with E-state index in [1.165, 1.54) is 12.1 Å². The summed E-state index contributed by atoms with van der Waals surface area (Å²) in [5.74, 6) is 0.646. The number of rotatable bonds is 2. The summed E-state index contributed by atoms with van der Waals surface area (Å²) >= 11 is 1.57. The van der Waals surface area contributed by atoms with Gasteiger partial charge in [0.2, 0.25) is 0 Å². The van der Waals surface area contributed by atoms with Crippen molar-refractivity contribution in [2.24, 2.45) is 0 Å². The van der Waals surface area contributed by atoms with E-state index >= 15 is 0 Å². The summed E-state index contributed by atoms with van der Waals surface area (Å²) in [6.45, 7) is 4.62. The van der Waals surface area contributed by atoms with Gasteiger partial charge in [0.25, 0.3) is 0 Å². The molecule has 2 aromatic heterocycles. The molecule has 2 amide bonds. The standard InChI is InChI=1S/C21H22FN5OS/c22-16-5-3-15(4-6-16)17-13-29-20-18(17)19(23-14-24-20)25-9-11-27(12-10-25)21(28)26-7-1-2-8-26/h3-6,13-14H,1-2,7-12H2. The SMILES string of the molecule is O=C(N1CCCC1)N1CCN(c2ncnc3scc(-c4ccc(F)cc4)c23)CC1. The number of hydrogen-bond donors (Lipinski definition) is 0. The Morgan fingerprint density at radius 3 is 2.34 bits per heavy atom. The Balaban J connectivity index is 1.40. The van der Waals surface area contributed by atoms with E-state index in [1.54, 1.807) is 29.8 Å². The summed E-state index contributed by atoms with van der Waals surface area (Å²) in [4.78, 5) is 28.7. The smallest absolute Gasteiger partial charge is 0.320 e. The minimum Gasteiger partial charge on any atom is -0.352 e. The average Bonchev–Trinajstić information content (AvgIpc) is 3.44. The van der Waals surface area contributed by atoms with E-state index in [0.717, 1.165) is 66.2 Å². The zero-order valence-electron chi connectivity index (χ0n) is 16.1. The van der Waals surface area contributed by atoms with Gasteiger partial charge >= 0.3 is 6.03 Å². The number of halogens is 1. The molecule has 2 saturated heterocycles. The quantitative estimate of drug-likeness (QED) is 0.643. The second-order valence-corrected chi connectivity index (χ2v) is 8.34. The second-order valence-electron chi connectivity index (χ2n) is 7.48. The number of thiophene rings is 1. The van der Waals surface area contributed by atoms with Crippen molar-refractivity contribution in [1.82, 2.24) is 19.8 Å². The number of anilines is 1. The highest BCUT2D eigenvalue weighted by Crippen LogP contribution is 2.38. The number of hydrogen-bond acceptors (Lipinski definition) is 5. The molecule has 2 aliphatic rings. The topological polar surface area (TPSA) is 52.6 Å². The highest BCUT2D eigenvalue weighted by molar-refractivity contribution is 7.17. The van der Waals surface area contributed by atoms with Crippen molar-refractivity contribution in [2.75, 3.05) is 44.2 Å². The molecule has 3 aromatic rings. The molecule has 29 heavy (non-hydrogen) atoms. The molecule has 6 nitrogen and oxygen atoms in total. The van der Waals surface area contributed by atoms with E-state index in [0.29, 0.717) is 13.1 Å². The third-order valence-corrected chi connectivity index (χ3v) is 6.62. The first-order chi connectivity index (χ1) is 14.2. The number of fused-ring (bicyclic) bond motifs is 1. The number of carbonyl (C=O) groups is 1. The lowest BCUT2D eigenvalue weighted by molar-refractivity contribution is 0.159. The minimum atomic E-state index is -0.247. The van der Waals surface area contributed by atoms with Crippen LogP contribution in [0, 0.1) is 5.82 Å². The Bertz CT molecular complexity index is 1020. The number of amides is 2. The van der Waals surface area contributed by atoms with Gasteiger partial charge in [-0.2, -0.15) is 0 Å². The van der Waals surface area contributed by atoms with Crippen LogP contribution in [0.15, 0.2) is 36.0 Å². The first kappa shape index (κ1) is 18.3. The number of piperazine rings is 1. The Kier molecular flexibility index (Phi) is 4.79. The number of carbonyl (C=O) groups excluding carboxylic acids is 1. The van der Waals surface area contributed by atoms with Gasteiger partial charge in [-0.25, -0.2) is 19.2 Å². The molecule has 0 aliphatic carbocycles. The molecule has 0 bridgehead atoms. The van der Waals surface area contributed by atoms with Crippen LogP contribution in [0.25, 0.3) is 21.3 Å². The van der Waals surface area contributed by atoms with Crippen molar-refractivity contribution < 1.29 is 9.18 Å². The molecule has 0 saturated carbocycles. The van der Waals surface area contributed by atoms with Crippen molar-refractivity contribution in [3.05, 3.63) is 41.8 Å². The first-order valence-electron chi connectivity index (χ1n) is 9.97. The van der Waals surface area contributed by atoms with Gasteiger partial charge < -0.3 is 14.7 Å². The van der Waals surface area contributed by atoms with Crippen LogP contribution in [-0.2, 0) is 0 Å². The summed E-state index contributed by atoms with van der Waals surface area (Å²) in [5, 5.41) is 3.06. The van der Waals surface area contributed by atoms with E-state index in [2.05, 4.69) is 20.2 Å². The highest BCUT2D eigenvalue weighted by Gasteiger charge is 2.28. The highest BCUT2D eigenvalue weighted by atomic mass is 32.1. The van der Waals surface area contributed by atoms with Gasteiger partial charge in [-0.05, 0) is 30.5 Å². The molecule has 1 aromatic carbocycles. The van der Waals surface area contributed by atoms with Crippen LogP contribution in [0.4, 0.5) is 15.0 Å². The van der Waals surface area contributed by atoms with Crippen molar-refractivity contribution in [2.45, 2.75) is 12.8 Å². The molecule has 4 heterocycles. The molecule has 5 rings (SSSR count). The largest absolute Gasteiger partial charge is 0.352 e. The molecule has 150 valence electrons. The Morgan fingerprint density at radius 2 is 1.62 bits per heavy atom. The average molecular weight is 412 g/mol. The molecule has 0 unspecified atom stereocenters. The number of likely N-dealkylation sites (tertiary alicyclic amines) is 1. The lowest BCUT2D eigenvalue weighted by Gasteiger charge is -2.37. The summed E-state index contributed by atoms with van der Waals surface area (Å²) < 4.78 is 13.4. The maximum Gasteiger partial charge on any atom is 0.320 e. The van der Waals surface area contributed by atoms with Gasteiger partial charge in [0, 0.05) is 50.2 Å². The van der Waals surface area contributed by atoms with Gasteiger partial charge in [0.05, 0.1) is 5.39 Å². The van der Waals surface area contributed by atoms with Crippen LogP contribution < -0.4 is 4.90 Å². The van der Waals surface area contributed by atoms with E-state index < -0.39 is 0 Å². The monoisotopic (exact) mass is 411 g/mol. The predicted octanol–water partition coefficient (Wildman–Crippen LogP) is 3.84. The second kappa shape index (κ2) is 7.59. The maximum absolute atomic E-state index is 13.4. The molecule has 0 atom stereocenters. The normalized spacial score (nSPS) is 17.3. The van der Waals surface area contributed by atoms with Crippen LogP contribution in [-0.4, -0.2) is 65.1 Å². The number of benzene rings is 1. The van der Waals surface area contributed by atoms with E-state index in [-0.39, 0.29) is 11.8 Å². The van der Waals surface area contributed by atoms with Crippen molar-refractivity contribution in [1.29, 1.82) is 0 Å². The summed E-state index contributed by atoms with van der Waals surface area (Å²) in [7, 11) is 0. The molecule has 2 fully saturated rings. The first-order valence-corrected chi connectivity index (χ1v) is 10.9. The minimum absolute atomic E-state index is 0.164. The van der Waals surface area contributed by atoms with E-state index in [9.17, 15) is 9.18 Å². The van der Waals surface area contributed by atoms with Crippen LogP contribution in [0.5, 0.6) is 0 Å². The van der Waals surface area contributed by atoms with Crippen molar-refractivity contribution >= 4 is 33.4 Å². The summed E-state index contributed by atoms with van der Waals surface area (Å²) in [5.41, 5.74) is 1.98. The zero-order valence-corrected chi connectivity index (χ0v) is 16.9. The molecule has 0 N–H and O–H groups in total. The molecule has 0 radical (unpaired) electrons. The van der Waals surface area contributed by atoms with Crippen LogP contribution in [0.1, 0.15) is 12.8 Å². The zero-order chi connectivity index (χ0) is 19.8. The van der Waals surface area contributed by atoms with Crippen LogP contribution >= 0.6 is 11.3 Å². The molecular formula is C21H22FN5OS. The van der Waals surface area contributed by atoms with Crippen molar-refractivity contribution in [3.8, 4) is 11.1 Å². The summed E-state index contributed by atoms with van der Waals surface area (Å²) in [6.07, 6.45) is 3.81. The lowest BCUT2D eigenvalue weighted by Crippen LogP contribution is -2.52. The van der Waals surface area contributed by atoms with Gasteiger partial charge in [0.15, 0.2) is 0 Å². The lowest BCUT2D eigenvalue weighted by atomic mass is 10.1. The molecule has 8 heteroatoms. The van der Waals surface area contributed by atoms with Crippen LogP contribution in [0.2, 0.25) is 0 Å². The number of aromatic nitrogens is 2. The molecular weight excluding hydrogens is 389 g/mol. The molecule has 2 aliphatic heterocycles. The Hall–Kier alpha value is -2.74. The third-order valence-electron chi connectivity index (χ3n) is 5.73. The number of nitrogens with zero attached hydrogens (tertiary/aromatic N) is 5. The van der Waals surface area contributed by atoms with Gasteiger partial charge in [0.1, 0.15) is 22.8 Å². The fourth-order valence-corrected chi connectivity index (χ4v) is 5.07. The third kappa shape index (κ3) is 3.42. The fraction of sp³-hybridized carbons (Fsp3) is 0.381. The fourth-order valence-electron chi connectivity index (χ4n) is 4.16. The Labute approximate surface area is 172 Å². The van der Waals surface area contributed by atoms with Gasteiger partial charge in [-0.1, -0.05) is 12.1 Å². The maximum atomic E-state index is 13.4. The van der Waals surface area contributed by atoms with Gasteiger partial charge in [-0.3, -0.25) is 0 Å².